The maximum atomic E-state index is 12.5. The van der Waals surface area contributed by atoms with Crippen molar-refractivity contribution in [1.82, 2.24) is 14.2 Å². The summed E-state index contributed by atoms with van der Waals surface area (Å²) in [5.74, 6) is -0.207. The van der Waals surface area contributed by atoms with Gasteiger partial charge in [-0.1, -0.05) is 23.2 Å². The molecule has 6 nitrogen and oxygen atoms in total. The molecule has 1 aliphatic rings. The molecule has 1 aliphatic heterocycles. The predicted molar refractivity (Wildman–Crippen MR) is 90.4 cm³/mol. The second-order valence-electron chi connectivity index (χ2n) is 5.40. The molecule has 0 N–H and O–H groups in total. The van der Waals surface area contributed by atoms with E-state index in [2.05, 4.69) is 4.98 Å². The summed E-state index contributed by atoms with van der Waals surface area (Å²) in [4.78, 5) is 18.1. The molecule has 1 aromatic rings. The van der Waals surface area contributed by atoms with Gasteiger partial charge in [0.2, 0.25) is 10.0 Å². The zero-order valence-electron chi connectivity index (χ0n) is 13.0. The van der Waals surface area contributed by atoms with Gasteiger partial charge in [0.15, 0.2) is 0 Å². The van der Waals surface area contributed by atoms with Crippen LogP contribution in [0.2, 0.25) is 10.2 Å². The second kappa shape index (κ2) is 7.34. The Balaban J connectivity index is 2.04. The first-order valence-corrected chi connectivity index (χ1v) is 9.69. The summed E-state index contributed by atoms with van der Waals surface area (Å²) in [6.07, 6.45) is 1.17. The van der Waals surface area contributed by atoms with Gasteiger partial charge in [0.05, 0.1) is 10.8 Å². The molecule has 0 spiro atoms. The minimum atomic E-state index is -3.22. The summed E-state index contributed by atoms with van der Waals surface area (Å²) < 4.78 is 25.3. The van der Waals surface area contributed by atoms with Gasteiger partial charge in [-0.05, 0) is 31.9 Å². The maximum absolute atomic E-state index is 12.5. The van der Waals surface area contributed by atoms with Crippen LogP contribution in [0.1, 0.15) is 30.3 Å². The van der Waals surface area contributed by atoms with Crippen LogP contribution >= 0.6 is 23.2 Å². The summed E-state index contributed by atoms with van der Waals surface area (Å²) in [6.45, 7) is 2.53. The third-order valence-electron chi connectivity index (χ3n) is 4.08. The number of halogens is 2. The number of hydrogen-bond acceptors (Lipinski definition) is 4. The van der Waals surface area contributed by atoms with Gasteiger partial charge in [-0.15, -0.1) is 0 Å². The topological polar surface area (TPSA) is 70.6 Å². The Labute approximate surface area is 146 Å². The zero-order valence-corrected chi connectivity index (χ0v) is 15.3. The Bertz CT molecular complexity index is 689. The zero-order chi connectivity index (χ0) is 17.2. The molecule has 1 amide bonds. The monoisotopic (exact) mass is 379 g/mol. The van der Waals surface area contributed by atoms with Gasteiger partial charge < -0.3 is 4.90 Å². The van der Waals surface area contributed by atoms with Gasteiger partial charge in [0.25, 0.3) is 5.91 Å². The first kappa shape index (κ1) is 18.4. The largest absolute Gasteiger partial charge is 0.337 e. The summed E-state index contributed by atoms with van der Waals surface area (Å²) in [7, 11) is -1.63. The average Bonchev–Trinajstić information content (AvgIpc) is 2.55. The lowest BCUT2D eigenvalue weighted by molar-refractivity contribution is 0.0680. The molecule has 128 valence electrons. The number of hydrogen-bond donors (Lipinski definition) is 0. The van der Waals surface area contributed by atoms with Crippen LogP contribution < -0.4 is 0 Å². The smallest absolute Gasteiger partial charge is 0.274 e. The van der Waals surface area contributed by atoms with Crippen LogP contribution in [0.3, 0.4) is 0 Å². The third kappa shape index (κ3) is 4.15. The molecule has 0 aromatic carbocycles. The van der Waals surface area contributed by atoms with Crippen LogP contribution in [-0.2, 0) is 10.0 Å². The lowest BCUT2D eigenvalue weighted by Crippen LogP contribution is -2.47. The predicted octanol–water partition coefficient (Wildman–Crippen LogP) is 2.27. The van der Waals surface area contributed by atoms with Gasteiger partial charge in [-0.3, -0.25) is 4.79 Å². The van der Waals surface area contributed by atoms with Crippen molar-refractivity contribution in [3.63, 3.8) is 0 Å². The SMILES string of the molecule is CCS(=O)(=O)N(C)C1CCN(C(=O)c2nc(Cl)ccc2Cl)CC1. The highest BCUT2D eigenvalue weighted by atomic mass is 35.5. The van der Waals surface area contributed by atoms with E-state index in [1.807, 2.05) is 0 Å². The summed E-state index contributed by atoms with van der Waals surface area (Å²) in [5, 5.41) is 0.466. The highest BCUT2D eigenvalue weighted by Gasteiger charge is 2.31. The molecular formula is C14H19Cl2N3O3S. The number of amides is 1. The van der Waals surface area contributed by atoms with E-state index in [0.717, 1.165) is 0 Å². The Morgan fingerprint density at radius 1 is 1.35 bits per heavy atom. The van der Waals surface area contributed by atoms with Gasteiger partial charge in [0, 0.05) is 26.2 Å². The van der Waals surface area contributed by atoms with Crippen LogP contribution in [0.5, 0.6) is 0 Å². The fourth-order valence-electron chi connectivity index (χ4n) is 2.58. The van der Waals surface area contributed by atoms with E-state index in [1.165, 1.54) is 10.4 Å². The highest BCUT2D eigenvalue weighted by Crippen LogP contribution is 2.23. The summed E-state index contributed by atoms with van der Waals surface area (Å²) in [6, 6.07) is 2.97. The normalized spacial score (nSPS) is 16.8. The van der Waals surface area contributed by atoms with Gasteiger partial charge >= 0.3 is 0 Å². The van der Waals surface area contributed by atoms with Crippen molar-refractivity contribution in [2.45, 2.75) is 25.8 Å². The number of nitrogens with zero attached hydrogens (tertiary/aromatic N) is 3. The molecule has 0 saturated carbocycles. The maximum Gasteiger partial charge on any atom is 0.274 e. The number of sulfonamides is 1. The molecule has 1 fully saturated rings. The number of carbonyl (C=O) groups is 1. The number of rotatable bonds is 4. The lowest BCUT2D eigenvalue weighted by Gasteiger charge is -2.36. The van der Waals surface area contributed by atoms with E-state index in [-0.39, 0.29) is 33.6 Å². The summed E-state index contributed by atoms with van der Waals surface area (Å²) >= 11 is 11.8. The van der Waals surface area contributed by atoms with Gasteiger partial charge in [0.1, 0.15) is 10.8 Å². The molecule has 23 heavy (non-hydrogen) atoms. The van der Waals surface area contributed by atoms with Gasteiger partial charge in [-0.2, -0.15) is 0 Å². The number of likely N-dealkylation sites (tertiary alicyclic amines) is 1. The number of pyridine rings is 1. The molecule has 0 aliphatic carbocycles. The van der Waals surface area contributed by atoms with E-state index in [0.29, 0.717) is 25.9 Å². The lowest BCUT2D eigenvalue weighted by atomic mass is 10.0. The van der Waals surface area contributed by atoms with Gasteiger partial charge in [-0.25, -0.2) is 17.7 Å². The van der Waals surface area contributed by atoms with Crippen LogP contribution in [-0.4, -0.2) is 60.4 Å². The number of piperidine rings is 1. The molecular weight excluding hydrogens is 361 g/mol. The Kier molecular flexibility index (Phi) is 5.89. The van der Waals surface area contributed by atoms with E-state index >= 15 is 0 Å². The fraction of sp³-hybridized carbons (Fsp3) is 0.571. The molecule has 0 radical (unpaired) electrons. The average molecular weight is 380 g/mol. The van der Waals surface area contributed by atoms with Crippen molar-refractivity contribution in [2.24, 2.45) is 0 Å². The first-order valence-electron chi connectivity index (χ1n) is 7.33. The minimum Gasteiger partial charge on any atom is -0.337 e. The second-order valence-corrected chi connectivity index (χ2v) is 8.52. The van der Waals surface area contributed by atoms with Crippen molar-refractivity contribution in [2.75, 3.05) is 25.9 Å². The van der Waals surface area contributed by atoms with Crippen LogP contribution in [0.25, 0.3) is 0 Å². The fourth-order valence-corrected chi connectivity index (χ4v) is 3.99. The molecule has 2 rings (SSSR count). The van der Waals surface area contributed by atoms with Crippen molar-refractivity contribution in [3.05, 3.63) is 28.0 Å². The quantitative estimate of drug-likeness (QED) is 0.752. The van der Waals surface area contributed by atoms with Crippen molar-refractivity contribution in [1.29, 1.82) is 0 Å². The van der Waals surface area contributed by atoms with E-state index in [4.69, 9.17) is 23.2 Å². The van der Waals surface area contributed by atoms with Crippen LogP contribution in [0.15, 0.2) is 12.1 Å². The molecule has 0 atom stereocenters. The molecule has 2 heterocycles. The third-order valence-corrected chi connectivity index (χ3v) is 6.50. The number of aromatic nitrogens is 1. The van der Waals surface area contributed by atoms with E-state index in [1.54, 1.807) is 24.9 Å². The Hall–Kier alpha value is -0.890. The molecule has 0 bridgehead atoms. The Morgan fingerprint density at radius 2 is 1.96 bits per heavy atom. The van der Waals surface area contributed by atoms with Crippen molar-refractivity contribution in [3.8, 4) is 0 Å². The Morgan fingerprint density at radius 3 is 2.52 bits per heavy atom. The van der Waals surface area contributed by atoms with Crippen molar-refractivity contribution >= 4 is 39.1 Å². The summed E-state index contributed by atoms with van der Waals surface area (Å²) in [5.41, 5.74) is 0.132. The van der Waals surface area contributed by atoms with Crippen LogP contribution in [0.4, 0.5) is 0 Å². The van der Waals surface area contributed by atoms with E-state index < -0.39 is 10.0 Å². The van der Waals surface area contributed by atoms with Crippen molar-refractivity contribution < 1.29 is 13.2 Å². The molecule has 9 heteroatoms. The van der Waals surface area contributed by atoms with Crippen LogP contribution in [0, 0.1) is 0 Å². The minimum absolute atomic E-state index is 0.0741. The molecule has 0 unspecified atom stereocenters. The molecule has 1 saturated heterocycles. The first-order chi connectivity index (χ1) is 10.8. The number of carbonyl (C=O) groups excluding carboxylic acids is 1. The standard InChI is InChI=1S/C14H19Cl2N3O3S/c1-3-23(21,22)18(2)10-6-8-19(9-7-10)14(20)13-11(15)4-5-12(16)17-13/h4-5,10H,3,6-9H2,1-2H3. The molecule has 1 aromatic heterocycles. The highest BCUT2D eigenvalue weighted by molar-refractivity contribution is 7.89. The van der Waals surface area contributed by atoms with E-state index in [9.17, 15) is 13.2 Å².